The lowest BCUT2D eigenvalue weighted by Crippen LogP contribution is -2.38. The summed E-state index contributed by atoms with van der Waals surface area (Å²) in [5, 5.41) is 3.59. The number of fused-ring (bicyclic) bond motifs is 1. The van der Waals surface area contributed by atoms with Crippen LogP contribution in [0.15, 0.2) is 36.9 Å². The largest absolute Gasteiger partial charge is 0.379 e. The van der Waals surface area contributed by atoms with Gasteiger partial charge in [0.2, 0.25) is 0 Å². The topological polar surface area (TPSA) is 12.0 Å². The monoisotopic (exact) mass is 187 g/mol. The highest BCUT2D eigenvalue weighted by molar-refractivity contribution is 5.59. The zero-order valence-corrected chi connectivity index (χ0v) is 8.88. The molecule has 0 spiro atoms. The minimum atomic E-state index is 0.144. The summed E-state index contributed by atoms with van der Waals surface area (Å²) in [5.41, 5.74) is 2.85. The number of hydrogen-bond donors (Lipinski definition) is 1. The van der Waals surface area contributed by atoms with Crippen molar-refractivity contribution in [3.63, 3.8) is 0 Å². The van der Waals surface area contributed by atoms with Crippen LogP contribution in [0.5, 0.6) is 0 Å². The average Bonchev–Trinajstić information content (AvgIpc) is 2.54. The van der Waals surface area contributed by atoms with Crippen LogP contribution in [0.25, 0.3) is 0 Å². The summed E-state index contributed by atoms with van der Waals surface area (Å²) < 4.78 is 0. The van der Waals surface area contributed by atoms with E-state index in [0.29, 0.717) is 5.92 Å². The van der Waals surface area contributed by atoms with Crippen molar-refractivity contribution in [2.45, 2.75) is 25.8 Å². The van der Waals surface area contributed by atoms with Gasteiger partial charge in [0.15, 0.2) is 0 Å². The molecule has 1 aromatic rings. The SMILES string of the molecule is C=C[C@H](C)[C@@]1(C)Cc2ccccc2N1. The first kappa shape index (κ1) is 9.32. The molecule has 0 aromatic heterocycles. The lowest BCUT2D eigenvalue weighted by atomic mass is 9.85. The number of nitrogens with one attached hydrogen (secondary N) is 1. The smallest absolute Gasteiger partial charge is 0.0446 e. The molecule has 1 aliphatic rings. The van der Waals surface area contributed by atoms with Gasteiger partial charge in [0.05, 0.1) is 0 Å². The maximum atomic E-state index is 3.87. The zero-order chi connectivity index (χ0) is 10.2. The lowest BCUT2D eigenvalue weighted by molar-refractivity contribution is 0.423. The molecule has 14 heavy (non-hydrogen) atoms. The summed E-state index contributed by atoms with van der Waals surface area (Å²) >= 11 is 0. The minimum absolute atomic E-state index is 0.144. The highest BCUT2D eigenvalue weighted by Gasteiger charge is 2.35. The van der Waals surface area contributed by atoms with Gasteiger partial charge in [-0.1, -0.05) is 31.2 Å². The summed E-state index contributed by atoms with van der Waals surface area (Å²) in [5.74, 6) is 0.481. The summed E-state index contributed by atoms with van der Waals surface area (Å²) in [4.78, 5) is 0. The zero-order valence-electron chi connectivity index (χ0n) is 8.88. The van der Waals surface area contributed by atoms with Crippen molar-refractivity contribution in [1.29, 1.82) is 0 Å². The standard InChI is InChI=1S/C13H17N/c1-4-10(2)13(3)9-11-7-5-6-8-12(11)14-13/h4-8,10,14H,1,9H2,2-3H3/t10-,13+/m0/s1. The Kier molecular flexibility index (Phi) is 2.10. The van der Waals surface area contributed by atoms with Gasteiger partial charge in [-0.15, -0.1) is 6.58 Å². The van der Waals surface area contributed by atoms with E-state index in [1.54, 1.807) is 0 Å². The van der Waals surface area contributed by atoms with Crippen LogP contribution in [0, 0.1) is 5.92 Å². The molecule has 1 aromatic carbocycles. The molecule has 1 nitrogen and oxygen atoms in total. The Morgan fingerprint density at radius 3 is 2.86 bits per heavy atom. The Morgan fingerprint density at radius 1 is 1.50 bits per heavy atom. The number of hydrogen-bond acceptors (Lipinski definition) is 1. The second kappa shape index (κ2) is 3.16. The predicted molar refractivity (Wildman–Crippen MR) is 61.5 cm³/mol. The van der Waals surface area contributed by atoms with Gasteiger partial charge in [-0.05, 0) is 30.9 Å². The molecule has 0 saturated carbocycles. The van der Waals surface area contributed by atoms with Crippen LogP contribution in [0.4, 0.5) is 5.69 Å². The van der Waals surface area contributed by atoms with Gasteiger partial charge in [0, 0.05) is 11.2 Å². The Balaban J connectivity index is 2.30. The maximum absolute atomic E-state index is 3.87. The van der Waals surface area contributed by atoms with Gasteiger partial charge in [-0.3, -0.25) is 0 Å². The van der Waals surface area contributed by atoms with E-state index < -0.39 is 0 Å². The van der Waals surface area contributed by atoms with E-state index in [0.717, 1.165) is 6.42 Å². The third-order valence-electron chi connectivity index (χ3n) is 3.35. The molecule has 1 aliphatic heterocycles. The summed E-state index contributed by atoms with van der Waals surface area (Å²) in [6.07, 6.45) is 3.12. The summed E-state index contributed by atoms with van der Waals surface area (Å²) in [7, 11) is 0. The fourth-order valence-corrected chi connectivity index (χ4v) is 2.08. The molecule has 2 rings (SSSR count). The molecule has 0 aliphatic carbocycles. The van der Waals surface area contributed by atoms with Crippen LogP contribution < -0.4 is 5.32 Å². The van der Waals surface area contributed by atoms with E-state index in [1.165, 1.54) is 11.3 Å². The highest BCUT2D eigenvalue weighted by Crippen LogP contribution is 2.36. The van der Waals surface area contributed by atoms with Crippen LogP contribution in [-0.2, 0) is 6.42 Å². The van der Waals surface area contributed by atoms with E-state index >= 15 is 0 Å². The molecule has 74 valence electrons. The lowest BCUT2D eigenvalue weighted by Gasteiger charge is -2.30. The average molecular weight is 187 g/mol. The first-order valence-electron chi connectivity index (χ1n) is 5.14. The first-order chi connectivity index (χ1) is 6.65. The van der Waals surface area contributed by atoms with Crippen molar-refractivity contribution in [3.05, 3.63) is 42.5 Å². The van der Waals surface area contributed by atoms with E-state index in [2.05, 4.69) is 50.0 Å². The second-order valence-electron chi connectivity index (χ2n) is 4.40. The Hall–Kier alpha value is -1.24. The summed E-state index contributed by atoms with van der Waals surface area (Å²) in [6.45, 7) is 8.35. The van der Waals surface area contributed by atoms with Gasteiger partial charge in [-0.2, -0.15) is 0 Å². The normalized spacial score (nSPS) is 26.4. The Labute approximate surface area is 85.8 Å². The van der Waals surface area contributed by atoms with Crippen molar-refractivity contribution >= 4 is 5.69 Å². The Morgan fingerprint density at radius 2 is 2.21 bits per heavy atom. The van der Waals surface area contributed by atoms with Gasteiger partial charge in [0.1, 0.15) is 0 Å². The van der Waals surface area contributed by atoms with Gasteiger partial charge < -0.3 is 5.32 Å². The molecule has 0 saturated heterocycles. The molecular formula is C13H17N. The molecular weight excluding hydrogens is 170 g/mol. The molecule has 0 unspecified atom stereocenters. The predicted octanol–water partition coefficient (Wildman–Crippen LogP) is 3.24. The van der Waals surface area contributed by atoms with Gasteiger partial charge in [0.25, 0.3) is 0 Å². The van der Waals surface area contributed by atoms with Crippen LogP contribution in [-0.4, -0.2) is 5.54 Å². The highest BCUT2D eigenvalue weighted by atomic mass is 15.0. The summed E-state index contributed by atoms with van der Waals surface area (Å²) in [6, 6.07) is 8.53. The van der Waals surface area contributed by atoms with Gasteiger partial charge in [-0.25, -0.2) is 0 Å². The third kappa shape index (κ3) is 1.33. The number of benzene rings is 1. The van der Waals surface area contributed by atoms with E-state index in [1.807, 2.05) is 6.08 Å². The van der Waals surface area contributed by atoms with Crippen LogP contribution >= 0.6 is 0 Å². The van der Waals surface area contributed by atoms with Crippen LogP contribution in [0.2, 0.25) is 0 Å². The Bertz CT molecular complexity index is 329. The van der Waals surface area contributed by atoms with Crippen LogP contribution in [0.3, 0.4) is 0 Å². The van der Waals surface area contributed by atoms with Crippen molar-refractivity contribution in [2.24, 2.45) is 5.92 Å². The second-order valence-corrected chi connectivity index (χ2v) is 4.40. The molecule has 1 heteroatoms. The maximum Gasteiger partial charge on any atom is 0.0446 e. The number of rotatable bonds is 2. The van der Waals surface area contributed by atoms with Crippen molar-refractivity contribution in [2.75, 3.05) is 5.32 Å². The molecule has 0 amide bonds. The van der Waals surface area contributed by atoms with Crippen LogP contribution in [0.1, 0.15) is 19.4 Å². The molecule has 0 radical (unpaired) electrons. The molecule has 1 heterocycles. The van der Waals surface area contributed by atoms with Crippen molar-refractivity contribution in [1.82, 2.24) is 0 Å². The van der Waals surface area contributed by atoms with Gasteiger partial charge >= 0.3 is 0 Å². The number of para-hydroxylation sites is 1. The number of anilines is 1. The van der Waals surface area contributed by atoms with Crippen molar-refractivity contribution < 1.29 is 0 Å². The first-order valence-corrected chi connectivity index (χ1v) is 5.14. The van der Waals surface area contributed by atoms with E-state index in [4.69, 9.17) is 0 Å². The third-order valence-corrected chi connectivity index (χ3v) is 3.35. The molecule has 2 atom stereocenters. The molecule has 0 fully saturated rings. The molecule has 0 bridgehead atoms. The van der Waals surface area contributed by atoms with E-state index in [-0.39, 0.29) is 5.54 Å². The van der Waals surface area contributed by atoms with Crippen molar-refractivity contribution in [3.8, 4) is 0 Å². The van der Waals surface area contributed by atoms with E-state index in [9.17, 15) is 0 Å². The fourth-order valence-electron chi connectivity index (χ4n) is 2.08. The fraction of sp³-hybridized carbons (Fsp3) is 0.385. The molecule has 1 N–H and O–H groups in total. The quantitative estimate of drug-likeness (QED) is 0.701. The minimum Gasteiger partial charge on any atom is -0.379 e.